The summed E-state index contributed by atoms with van der Waals surface area (Å²) in [7, 11) is -6.90. The average molecular weight is 369 g/mol. The molecule has 2 aromatic rings. The molecule has 0 radical (unpaired) electrons. The third-order valence-electron chi connectivity index (χ3n) is 3.90. The summed E-state index contributed by atoms with van der Waals surface area (Å²) < 4.78 is 51.9. The lowest BCUT2D eigenvalue weighted by molar-refractivity contribution is 0.327. The predicted octanol–water partition coefficient (Wildman–Crippen LogP) is 2.66. The van der Waals surface area contributed by atoms with Gasteiger partial charge in [-0.15, -0.1) is 0 Å². The molecule has 4 N–H and O–H groups in total. The molecule has 8 heteroatoms. The van der Waals surface area contributed by atoms with E-state index >= 15 is 0 Å². The number of hydrogen-bond donors (Lipinski definition) is 3. The molecule has 1 aliphatic heterocycles. The Bertz CT molecular complexity index is 837. The number of hydrogen-bond acceptors (Lipinski definition) is 6. The fourth-order valence-electron chi connectivity index (χ4n) is 2.75. The maximum atomic E-state index is 12.9. The van der Waals surface area contributed by atoms with Crippen LogP contribution in [-0.4, -0.2) is 36.4 Å². The SMILES string of the molecule is NCCOc1ccc2c(c1)S(O)(O)CC2S(=O)(=O)c1ccccc1. The molecule has 0 aliphatic carbocycles. The standard InChI is InChI=1S/C16H19NO5S2/c17-8-9-22-12-6-7-14-15(10-12)23(18,19)11-16(14)24(20,21)13-4-2-1-3-5-13/h1-7,10,16,18-19H,8-9,11,17H2. The van der Waals surface area contributed by atoms with Gasteiger partial charge in [-0.05, 0) is 23.8 Å². The van der Waals surface area contributed by atoms with Gasteiger partial charge in [-0.1, -0.05) is 24.3 Å². The van der Waals surface area contributed by atoms with Crippen LogP contribution in [0.5, 0.6) is 5.75 Å². The number of fused-ring (bicyclic) bond motifs is 1. The zero-order valence-electron chi connectivity index (χ0n) is 12.8. The van der Waals surface area contributed by atoms with Crippen LogP contribution >= 0.6 is 10.6 Å². The van der Waals surface area contributed by atoms with E-state index in [0.717, 1.165) is 0 Å². The molecule has 1 unspecified atom stereocenters. The lowest BCUT2D eigenvalue weighted by Crippen LogP contribution is -2.15. The summed E-state index contributed by atoms with van der Waals surface area (Å²) in [4.78, 5) is 0.406. The second-order valence-corrected chi connectivity index (χ2v) is 9.75. The largest absolute Gasteiger partial charge is 0.492 e. The van der Waals surface area contributed by atoms with Crippen LogP contribution in [0.4, 0.5) is 0 Å². The zero-order valence-corrected chi connectivity index (χ0v) is 14.5. The van der Waals surface area contributed by atoms with Crippen molar-refractivity contribution in [2.45, 2.75) is 15.0 Å². The van der Waals surface area contributed by atoms with Crippen LogP contribution in [0.1, 0.15) is 10.8 Å². The topological polar surface area (TPSA) is 110 Å². The number of ether oxygens (including phenoxy) is 1. The van der Waals surface area contributed by atoms with E-state index in [-0.39, 0.29) is 15.5 Å². The van der Waals surface area contributed by atoms with E-state index in [1.54, 1.807) is 30.3 Å². The highest BCUT2D eigenvalue weighted by molar-refractivity contribution is 8.25. The van der Waals surface area contributed by atoms with Crippen LogP contribution in [0.2, 0.25) is 0 Å². The van der Waals surface area contributed by atoms with Crippen molar-refractivity contribution in [3.05, 3.63) is 54.1 Å². The van der Waals surface area contributed by atoms with Gasteiger partial charge < -0.3 is 10.5 Å². The van der Waals surface area contributed by atoms with Crippen LogP contribution < -0.4 is 10.5 Å². The van der Waals surface area contributed by atoms with Gasteiger partial charge in [-0.25, -0.2) is 8.42 Å². The third kappa shape index (κ3) is 3.03. The molecule has 1 atom stereocenters. The van der Waals surface area contributed by atoms with E-state index < -0.39 is 25.7 Å². The summed E-state index contributed by atoms with van der Waals surface area (Å²) in [5, 5.41) is -0.983. The van der Waals surface area contributed by atoms with Crippen LogP contribution in [-0.2, 0) is 9.84 Å². The first-order chi connectivity index (χ1) is 11.4. The number of benzene rings is 2. The van der Waals surface area contributed by atoms with E-state index in [0.29, 0.717) is 24.5 Å². The second kappa shape index (κ2) is 6.38. The molecule has 0 spiro atoms. The number of rotatable bonds is 5. The van der Waals surface area contributed by atoms with Gasteiger partial charge in [0.1, 0.15) is 17.6 Å². The van der Waals surface area contributed by atoms with Gasteiger partial charge in [0, 0.05) is 12.6 Å². The van der Waals surface area contributed by atoms with Gasteiger partial charge in [0.2, 0.25) is 0 Å². The Kier molecular flexibility index (Phi) is 4.58. The monoisotopic (exact) mass is 369 g/mol. The summed E-state index contributed by atoms with van der Waals surface area (Å²) in [6.45, 7) is 0.627. The second-order valence-electron chi connectivity index (χ2n) is 5.52. The van der Waals surface area contributed by atoms with Crippen molar-refractivity contribution in [2.75, 3.05) is 18.9 Å². The van der Waals surface area contributed by atoms with E-state index in [1.165, 1.54) is 18.2 Å². The van der Waals surface area contributed by atoms with E-state index in [1.807, 2.05) is 0 Å². The highest BCUT2D eigenvalue weighted by atomic mass is 32.3. The predicted molar refractivity (Wildman–Crippen MR) is 93.3 cm³/mol. The quantitative estimate of drug-likeness (QED) is 0.747. The lowest BCUT2D eigenvalue weighted by Gasteiger charge is -2.27. The van der Waals surface area contributed by atoms with Gasteiger partial charge in [0.15, 0.2) is 9.84 Å². The van der Waals surface area contributed by atoms with E-state index in [4.69, 9.17) is 10.5 Å². The van der Waals surface area contributed by atoms with Gasteiger partial charge in [0.25, 0.3) is 0 Å². The smallest absolute Gasteiger partial charge is 0.187 e. The molecule has 1 heterocycles. The molecule has 24 heavy (non-hydrogen) atoms. The summed E-state index contributed by atoms with van der Waals surface area (Å²) in [5.41, 5.74) is 5.80. The molecule has 0 bridgehead atoms. The van der Waals surface area contributed by atoms with Gasteiger partial charge in [0.05, 0.1) is 15.5 Å². The minimum absolute atomic E-state index is 0.168. The Balaban J connectivity index is 2.03. The fraction of sp³-hybridized carbons (Fsp3) is 0.250. The Hall–Kier alpha value is -1.58. The first-order valence-electron chi connectivity index (χ1n) is 7.38. The first kappa shape index (κ1) is 17.2. The van der Waals surface area contributed by atoms with Gasteiger partial charge in [-0.3, -0.25) is 9.11 Å². The molecule has 2 aromatic carbocycles. The fourth-order valence-corrected chi connectivity index (χ4v) is 7.19. The van der Waals surface area contributed by atoms with Crippen molar-refractivity contribution in [1.29, 1.82) is 0 Å². The maximum absolute atomic E-state index is 12.9. The molecular weight excluding hydrogens is 350 g/mol. The molecule has 0 saturated heterocycles. The van der Waals surface area contributed by atoms with Crippen molar-refractivity contribution >= 4 is 20.4 Å². The van der Waals surface area contributed by atoms with Crippen molar-refractivity contribution < 1.29 is 22.3 Å². The normalized spacial score (nSPS) is 20.4. The molecule has 130 valence electrons. The van der Waals surface area contributed by atoms with Crippen LogP contribution in [0.25, 0.3) is 0 Å². The molecule has 1 aliphatic rings. The highest BCUT2D eigenvalue weighted by Gasteiger charge is 2.43. The van der Waals surface area contributed by atoms with Crippen molar-refractivity contribution in [3.8, 4) is 5.75 Å². The van der Waals surface area contributed by atoms with Gasteiger partial charge in [-0.2, -0.15) is 10.6 Å². The summed E-state index contributed by atoms with van der Waals surface area (Å²) in [6.07, 6.45) is 0. The minimum Gasteiger partial charge on any atom is -0.492 e. The Labute approximate surface area is 142 Å². The number of sulfone groups is 1. The third-order valence-corrected chi connectivity index (χ3v) is 8.07. The molecule has 0 amide bonds. The van der Waals surface area contributed by atoms with Crippen molar-refractivity contribution in [2.24, 2.45) is 5.73 Å². The van der Waals surface area contributed by atoms with E-state index in [2.05, 4.69) is 0 Å². The van der Waals surface area contributed by atoms with Crippen LogP contribution in [0, 0.1) is 0 Å². The maximum Gasteiger partial charge on any atom is 0.187 e. The zero-order chi connectivity index (χ0) is 17.4. The minimum atomic E-state index is -3.71. The summed E-state index contributed by atoms with van der Waals surface area (Å²) in [5.74, 6) is 0.205. The molecular formula is C16H19NO5S2. The molecule has 6 nitrogen and oxygen atoms in total. The molecule has 3 rings (SSSR count). The van der Waals surface area contributed by atoms with Crippen molar-refractivity contribution in [3.63, 3.8) is 0 Å². The van der Waals surface area contributed by atoms with Crippen LogP contribution in [0.15, 0.2) is 58.3 Å². The van der Waals surface area contributed by atoms with Gasteiger partial charge >= 0.3 is 0 Å². The summed E-state index contributed by atoms with van der Waals surface area (Å²) >= 11 is 0. The lowest BCUT2D eigenvalue weighted by atomic mass is 10.1. The Morgan fingerprint density at radius 1 is 1.17 bits per heavy atom. The number of nitrogens with two attached hydrogens (primary N) is 1. The van der Waals surface area contributed by atoms with E-state index in [9.17, 15) is 17.5 Å². The molecule has 0 aromatic heterocycles. The van der Waals surface area contributed by atoms with Crippen LogP contribution in [0.3, 0.4) is 0 Å². The average Bonchev–Trinajstić information content (AvgIpc) is 2.85. The highest BCUT2D eigenvalue weighted by Crippen LogP contribution is 2.61. The first-order valence-corrected chi connectivity index (χ1v) is 10.6. The Morgan fingerprint density at radius 3 is 2.54 bits per heavy atom. The Morgan fingerprint density at radius 2 is 1.88 bits per heavy atom. The van der Waals surface area contributed by atoms with Crippen molar-refractivity contribution in [1.82, 2.24) is 0 Å². The molecule has 0 fully saturated rings. The molecule has 0 saturated carbocycles. The summed E-state index contributed by atoms with van der Waals surface area (Å²) in [6, 6.07) is 12.8.